The summed E-state index contributed by atoms with van der Waals surface area (Å²) in [5, 5.41) is 24.3. The van der Waals surface area contributed by atoms with E-state index in [2.05, 4.69) is 15.5 Å². The molecule has 25 heavy (non-hydrogen) atoms. The first-order valence-corrected chi connectivity index (χ1v) is 8.36. The van der Waals surface area contributed by atoms with E-state index in [0.29, 0.717) is 12.4 Å². The minimum atomic E-state index is -0.827. The lowest BCUT2D eigenvalue weighted by molar-refractivity contribution is 0.00574. The molecule has 1 aliphatic rings. The smallest absolute Gasteiger partial charge is 0.351 e. The van der Waals surface area contributed by atoms with Crippen molar-refractivity contribution in [1.29, 1.82) is 0 Å². The van der Waals surface area contributed by atoms with Crippen molar-refractivity contribution in [3.63, 3.8) is 0 Å². The third kappa shape index (κ3) is 5.10. The fourth-order valence-corrected chi connectivity index (χ4v) is 2.61. The number of nitroso groups, excluding NO2 is 1. The first kappa shape index (κ1) is 19.1. The van der Waals surface area contributed by atoms with Crippen LogP contribution in [0.3, 0.4) is 0 Å². The van der Waals surface area contributed by atoms with Crippen LogP contribution >= 0.6 is 0 Å². The molecule has 2 heterocycles. The molecule has 9 nitrogen and oxygen atoms in total. The Morgan fingerprint density at radius 2 is 2.12 bits per heavy atom. The molecular formula is C16H24N4O5. The van der Waals surface area contributed by atoms with Crippen LogP contribution in [0.5, 0.6) is 0 Å². The number of aliphatic hydroxyl groups is 2. The Morgan fingerprint density at radius 3 is 2.84 bits per heavy atom. The van der Waals surface area contributed by atoms with Crippen LogP contribution in [-0.2, 0) is 4.74 Å². The van der Waals surface area contributed by atoms with Crippen molar-refractivity contribution in [2.24, 2.45) is 5.18 Å². The van der Waals surface area contributed by atoms with E-state index in [0.717, 1.165) is 31.2 Å². The van der Waals surface area contributed by atoms with Crippen LogP contribution in [0.1, 0.15) is 37.5 Å². The van der Waals surface area contributed by atoms with Gasteiger partial charge in [0.05, 0.1) is 0 Å². The van der Waals surface area contributed by atoms with Gasteiger partial charge in [-0.05, 0) is 19.8 Å². The zero-order valence-electron chi connectivity index (χ0n) is 14.2. The van der Waals surface area contributed by atoms with Gasteiger partial charge in [-0.3, -0.25) is 4.57 Å². The molecule has 0 aromatic carbocycles. The molecule has 1 aromatic heterocycles. The van der Waals surface area contributed by atoms with Gasteiger partial charge in [0, 0.05) is 31.0 Å². The van der Waals surface area contributed by atoms with Crippen molar-refractivity contribution >= 4 is 5.82 Å². The first-order chi connectivity index (χ1) is 12.1. The number of hydrogen-bond acceptors (Lipinski definition) is 8. The zero-order valence-corrected chi connectivity index (χ0v) is 14.2. The Bertz CT molecular complexity index is 673. The summed E-state index contributed by atoms with van der Waals surface area (Å²) in [6, 6.07) is 0. The average molecular weight is 352 g/mol. The summed E-state index contributed by atoms with van der Waals surface area (Å²) in [6.45, 7) is 2.51. The molecule has 0 saturated carbocycles. The number of unbranched alkanes of at least 4 members (excludes halogenated alkanes) is 3. The number of rotatable bonds is 10. The molecule has 0 spiro atoms. The van der Waals surface area contributed by atoms with Crippen LogP contribution in [0.4, 0.5) is 5.82 Å². The molecule has 9 heteroatoms. The number of aliphatic hydroxyl groups excluding tert-OH is 2. The molecule has 0 amide bonds. The Labute approximate surface area is 145 Å². The molecule has 0 aliphatic carbocycles. The summed E-state index contributed by atoms with van der Waals surface area (Å²) in [7, 11) is 0. The zero-order chi connectivity index (χ0) is 18.2. The largest absolute Gasteiger partial charge is 0.510 e. The number of nitrogens with zero attached hydrogens (tertiary/aromatic N) is 3. The Balaban J connectivity index is 1.98. The summed E-state index contributed by atoms with van der Waals surface area (Å²) < 4.78 is 6.72. The van der Waals surface area contributed by atoms with E-state index in [1.807, 2.05) is 6.92 Å². The van der Waals surface area contributed by atoms with Crippen molar-refractivity contribution in [2.45, 2.75) is 44.9 Å². The van der Waals surface area contributed by atoms with Gasteiger partial charge in [-0.2, -0.15) is 9.89 Å². The van der Waals surface area contributed by atoms with E-state index in [9.17, 15) is 14.8 Å². The fraction of sp³-hybridized carbons (Fsp3) is 0.625. The average Bonchev–Trinajstić information content (AvgIpc) is 2.94. The van der Waals surface area contributed by atoms with Crippen molar-refractivity contribution < 1.29 is 14.9 Å². The lowest BCUT2D eigenvalue weighted by atomic mass is 10.2. The number of hydrogen-bond donors (Lipinski definition) is 3. The first-order valence-electron chi connectivity index (χ1n) is 8.36. The normalized spacial score (nSPS) is 19.7. The SMILES string of the molecule is Cc1cn(C2C=C(O)C(CN=O)O2)c(=O)nc1NCCCCCCO. The third-order valence-corrected chi connectivity index (χ3v) is 3.97. The summed E-state index contributed by atoms with van der Waals surface area (Å²) in [4.78, 5) is 26.6. The molecule has 138 valence electrons. The molecule has 1 aromatic rings. The van der Waals surface area contributed by atoms with E-state index in [4.69, 9.17) is 9.84 Å². The predicted octanol–water partition coefficient (Wildman–Crippen LogP) is 1.62. The van der Waals surface area contributed by atoms with Crippen molar-refractivity contribution in [2.75, 3.05) is 25.0 Å². The highest BCUT2D eigenvalue weighted by Crippen LogP contribution is 2.25. The van der Waals surface area contributed by atoms with Gasteiger partial charge in [-0.1, -0.05) is 18.0 Å². The number of aryl methyl sites for hydroxylation is 1. The number of nitrogens with one attached hydrogen (secondary N) is 1. The lowest BCUT2D eigenvalue weighted by Gasteiger charge is -2.16. The maximum atomic E-state index is 12.2. The molecule has 1 aliphatic heterocycles. The van der Waals surface area contributed by atoms with Gasteiger partial charge < -0.3 is 20.3 Å². The fourth-order valence-electron chi connectivity index (χ4n) is 2.61. The second-order valence-electron chi connectivity index (χ2n) is 5.95. The maximum absolute atomic E-state index is 12.2. The molecule has 2 atom stereocenters. The van der Waals surface area contributed by atoms with Gasteiger partial charge in [0.1, 0.15) is 24.2 Å². The lowest BCUT2D eigenvalue weighted by Crippen LogP contribution is -2.29. The Hall–Kier alpha value is -2.26. The van der Waals surface area contributed by atoms with Crippen molar-refractivity contribution in [3.8, 4) is 0 Å². The molecule has 0 radical (unpaired) electrons. The predicted molar refractivity (Wildman–Crippen MR) is 92.6 cm³/mol. The standard InChI is InChI=1S/C16H24N4O5/c1-11-10-20(14-8-12(22)13(25-14)9-18-24)16(23)19-15(11)17-6-4-2-3-5-7-21/h8,10,13-14,21-22H,2-7,9H2,1H3,(H,17,19,23). The Kier molecular flexibility index (Phi) is 7.08. The van der Waals surface area contributed by atoms with Gasteiger partial charge in [-0.15, -0.1) is 0 Å². The van der Waals surface area contributed by atoms with Gasteiger partial charge in [-0.25, -0.2) is 4.79 Å². The van der Waals surface area contributed by atoms with Crippen molar-refractivity contribution in [3.05, 3.63) is 39.0 Å². The van der Waals surface area contributed by atoms with Crippen LogP contribution in [0.2, 0.25) is 0 Å². The molecular weight excluding hydrogens is 328 g/mol. The van der Waals surface area contributed by atoms with Gasteiger partial charge in [0.2, 0.25) is 0 Å². The maximum Gasteiger partial charge on any atom is 0.351 e. The van der Waals surface area contributed by atoms with Crippen LogP contribution in [0, 0.1) is 11.8 Å². The molecule has 0 fully saturated rings. The van der Waals surface area contributed by atoms with Crippen LogP contribution in [0.15, 0.2) is 28.0 Å². The van der Waals surface area contributed by atoms with E-state index in [-0.39, 0.29) is 18.9 Å². The molecule has 0 saturated heterocycles. The van der Waals surface area contributed by atoms with E-state index < -0.39 is 18.0 Å². The monoisotopic (exact) mass is 352 g/mol. The van der Waals surface area contributed by atoms with Gasteiger partial charge >= 0.3 is 5.69 Å². The third-order valence-electron chi connectivity index (χ3n) is 3.97. The van der Waals surface area contributed by atoms with E-state index in [1.165, 1.54) is 10.6 Å². The van der Waals surface area contributed by atoms with Gasteiger partial charge in [0.15, 0.2) is 6.23 Å². The number of aromatic nitrogens is 2. The number of anilines is 1. The second kappa shape index (κ2) is 9.28. The van der Waals surface area contributed by atoms with Crippen LogP contribution in [-0.4, -0.2) is 45.6 Å². The minimum absolute atomic E-state index is 0.112. The highest BCUT2D eigenvalue weighted by molar-refractivity contribution is 5.41. The van der Waals surface area contributed by atoms with Crippen molar-refractivity contribution in [1.82, 2.24) is 9.55 Å². The van der Waals surface area contributed by atoms with Crippen LogP contribution < -0.4 is 11.0 Å². The summed E-state index contributed by atoms with van der Waals surface area (Å²) in [6.07, 6.45) is 5.03. The molecule has 2 rings (SSSR count). The summed E-state index contributed by atoms with van der Waals surface area (Å²) in [5.41, 5.74) is 0.255. The summed E-state index contributed by atoms with van der Waals surface area (Å²) in [5.74, 6) is 0.403. The molecule has 3 N–H and O–H groups in total. The highest BCUT2D eigenvalue weighted by atomic mass is 16.5. The Morgan fingerprint density at radius 1 is 1.36 bits per heavy atom. The number of ether oxygens (including phenoxy) is 1. The second-order valence-corrected chi connectivity index (χ2v) is 5.95. The summed E-state index contributed by atoms with van der Waals surface area (Å²) >= 11 is 0. The highest BCUT2D eigenvalue weighted by Gasteiger charge is 2.29. The van der Waals surface area contributed by atoms with E-state index in [1.54, 1.807) is 6.20 Å². The van der Waals surface area contributed by atoms with E-state index >= 15 is 0 Å². The quantitative estimate of drug-likeness (QED) is 0.431. The molecule has 0 bridgehead atoms. The minimum Gasteiger partial charge on any atom is -0.510 e. The van der Waals surface area contributed by atoms with Crippen LogP contribution in [0.25, 0.3) is 0 Å². The van der Waals surface area contributed by atoms with Gasteiger partial charge in [0.25, 0.3) is 0 Å². The topological polar surface area (TPSA) is 126 Å². The molecule has 2 unspecified atom stereocenters.